The van der Waals surface area contributed by atoms with Gasteiger partial charge in [-0.3, -0.25) is 19.7 Å². The van der Waals surface area contributed by atoms with Gasteiger partial charge in [-0.25, -0.2) is 0 Å². The number of esters is 1. The van der Waals surface area contributed by atoms with Crippen molar-refractivity contribution < 1.29 is 24.4 Å². The molecule has 0 spiro atoms. The van der Waals surface area contributed by atoms with Crippen molar-refractivity contribution in [2.45, 2.75) is 63.9 Å². The van der Waals surface area contributed by atoms with Gasteiger partial charge in [-0.05, 0) is 36.8 Å². The van der Waals surface area contributed by atoms with E-state index in [1.165, 1.54) is 19.2 Å². The van der Waals surface area contributed by atoms with Gasteiger partial charge in [0.15, 0.2) is 5.78 Å². The van der Waals surface area contributed by atoms with Crippen LogP contribution in [0.1, 0.15) is 63.0 Å². The number of hydrogen-bond donors (Lipinski definition) is 1. The lowest BCUT2D eigenvalue weighted by atomic mass is 9.76. The molecule has 0 amide bonds. The number of Topliss-reactive ketones (excluding diaryl/α,β-unsaturated/α-hetero) is 1. The van der Waals surface area contributed by atoms with E-state index in [4.69, 9.17) is 4.74 Å². The molecule has 0 heterocycles. The maximum Gasteiger partial charge on any atom is 0.316 e. The number of benzene rings is 2. The minimum Gasteiger partial charge on any atom is -0.468 e. The van der Waals surface area contributed by atoms with Gasteiger partial charge < -0.3 is 9.84 Å². The van der Waals surface area contributed by atoms with Gasteiger partial charge in [-0.15, -0.1) is 0 Å². The quantitative estimate of drug-likeness (QED) is 0.197. The van der Waals surface area contributed by atoms with Crippen LogP contribution in [0.3, 0.4) is 0 Å². The topological polar surface area (TPSA) is 107 Å². The highest BCUT2D eigenvalue weighted by Gasteiger charge is 2.40. The van der Waals surface area contributed by atoms with Crippen LogP contribution in [-0.2, 0) is 20.7 Å². The molecule has 7 nitrogen and oxygen atoms in total. The highest BCUT2D eigenvalue weighted by Crippen LogP contribution is 2.35. The maximum atomic E-state index is 13.4. The summed E-state index contributed by atoms with van der Waals surface area (Å²) in [7, 11) is 1.22. The first-order chi connectivity index (χ1) is 15.7. The van der Waals surface area contributed by atoms with Crippen LogP contribution in [0.4, 0.5) is 5.69 Å². The van der Waals surface area contributed by atoms with Gasteiger partial charge >= 0.3 is 5.97 Å². The Balaban J connectivity index is 2.31. The molecule has 3 atom stereocenters. The van der Waals surface area contributed by atoms with Crippen LogP contribution in [0.5, 0.6) is 0 Å². The molecule has 0 aliphatic heterocycles. The number of aryl methyl sites for hydroxylation is 1. The molecule has 0 aliphatic carbocycles. The number of methoxy groups -OCH3 is 1. The smallest absolute Gasteiger partial charge is 0.316 e. The van der Waals surface area contributed by atoms with E-state index >= 15 is 0 Å². The van der Waals surface area contributed by atoms with E-state index < -0.39 is 34.1 Å². The van der Waals surface area contributed by atoms with E-state index in [0.29, 0.717) is 37.7 Å². The molecule has 0 radical (unpaired) electrons. The van der Waals surface area contributed by atoms with Crippen LogP contribution in [0.15, 0.2) is 54.6 Å². The summed E-state index contributed by atoms with van der Waals surface area (Å²) in [5.41, 5.74) is 0.229. The highest BCUT2D eigenvalue weighted by molar-refractivity contribution is 6.00. The highest BCUT2D eigenvalue weighted by atomic mass is 16.6. The van der Waals surface area contributed by atoms with Crippen molar-refractivity contribution in [2.75, 3.05) is 7.11 Å². The van der Waals surface area contributed by atoms with E-state index in [9.17, 15) is 24.8 Å². The number of ether oxygens (including phenoxy) is 1. The summed E-state index contributed by atoms with van der Waals surface area (Å²) in [6.45, 7) is 3.76. The molecule has 0 saturated heterocycles. The molecule has 0 bridgehead atoms. The van der Waals surface area contributed by atoms with Crippen LogP contribution < -0.4 is 0 Å². The lowest BCUT2D eigenvalue weighted by Gasteiger charge is -2.31. The Hall–Kier alpha value is -3.06. The Morgan fingerprint density at radius 1 is 1.09 bits per heavy atom. The van der Waals surface area contributed by atoms with Gasteiger partial charge in [0.25, 0.3) is 5.69 Å². The van der Waals surface area contributed by atoms with Crippen LogP contribution in [0, 0.1) is 16.0 Å². The number of ketones is 1. The molecule has 2 aromatic carbocycles. The zero-order valence-electron chi connectivity index (χ0n) is 19.5. The average Bonchev–Trinajstić information content (AvgIpc) is 2.81. The molecule has 7 heteroatoms. The molecular formula is C26H33NO6. The number of carbonyl (C=O) groups excluding carboxylic acids is 2. The Morgan fingerprint density at radius 2 is 1.79 bits per heavy atom. The second kappa shape index (κ2) is 12.3. The molecule has 1 N–H and O–H groups in total. The standard InChI is InChI=1S/C26H33NO6/c1-4-15-26(30,16-14-19-10-7-6-8-11-19)18-23(28)24(25(29)33-3)22(5-2)20-12-9-13-21(17-20)27(31)32/h6-13,17,22,24,30H,4-5,14-16,18H2,1-3H3/t22-,24+,26+/m0/s1. The van der Waals surface area contributed by atoms with Crippen molar-refractivity contribution in [3.05, 3.63) is 75.8 Å². The normalized spacial score (nSPS) is 14.7. The number of non-ortho nitro benzene ring substituents is 1. The van der Waals surface area contributed by atoms with Crippen LogP contribution in [0.2, 0.25) is 0 Å². The Labute approximate surface area is 194 Å². The second-order valence-corrected chi connectivity index (χ2v) is 8.47. The largest absolute Gasteiger partial charge is 0.468 e. The molecule has 2 rings (SSSR count). The van der Waals surface area contributed by atoms with Crippen molar-refractivity contribution in [2.24, 2.45) is 5.92 Å². The summed E-state index contributed by atoms with van der Waals surface area (Å²) in [6, 6.07) is 15.7. The summed E-state index contributed by atoms with van der Waals surface area (Å²) in [4.78, 5) is 36.9. The molecular weight excluding hydrogens is 422 g/mol. The van der Waals surface area contributed by atoms with Gasteiger partial charge in [0.1, 0.15) is 5.92 Å². The van der Waals surface area contributed by atoms with E-state index in [0.717, 1.165) is 5.56 Å². The fourth-order valence-electron chi connectivity index (χ4n) is 4.40. The summed E-state index contributed by atoms with van der Waals surface area (Å²) in [5, 5.41) is 22.5. The molecule has 0 aromatic heterocycles. The second-order valence-electron chi connectivity index (χ2n) is 8.47. The van der Waals surface area contributed by atoms with Crippen LogP contribution >= 0.6 is 0 Å². The summed E-state index contributed by atoms with van der Waals surface area (Å²) < 4.78 is 4.94. The van der Waals surface area contributed by atoms with Gasteiger partial charge in [-0.2, -0.15) is 0 Å². The zero-order chi connectivity index (χ0) is 24.4. The molecule has 0 aliphatic rings. The van der Waals surface area contributed by atoms with E-state index in [-0.39, 0.29) is 12.1 Å². The Morgan fingerprint density at radius 3 is 2.36 bits per heavy atom. The number of nitro groups is 1. The van der Waals surface area contributed by atoms with Crippen molar-refractivity contribution in [1.29, 1.82) is 0 Å². The first-order valence-corrected chi connectivity index (χ1v) is 11.4. The van der Waals surface area contributed by atoms with Crippen LogP contribution in [0.25, 0.3) is 0 Å². The van der Waals surface area contributed by atoms with Crippen molar-refractivity contribution in [3.8, 4) is 0 Å². The number of nitro benzene ring substituents is 1. The van der Waals surface area contributed by atoms with Crippen LogP contribution in [-0.4, -0.2) is 34.5 Å². The van der Waals surface area contributed by atoms with Gasteiger partial charge in [0.2, 0.25) is 0 Å². The first-order valence-electron chi connectivity index (χ1n) is 11.4. The summed E-state index contributed by atoms with van der Waals surface area (Å²) in [5.74, 6) is -2.85. The third-order valence-electron chi connectivity index (χ3n) is 6.09. The predicted octanol–water partition coefficient (Wildman–Crippen LogP) is 5.00. The van der Waals surface area contributed by atoms with E-state index in [1.54, 1.807) is 12.1 Å². The fourth-order valence-corrected chi connectivity index (χ4v) is 4.40. The minimum atomic E-state index is -1.26. The molecule has 0 unspecified atom stereocenters. The lowest BCUT2D eigenvalue weighted by Crippen LogP contribution is -2.39. The zero-order valence-corrected chi connectivity index (χ0v) is 19.5. The summed E-state index contributed by atoms with van der Waals surface area (Å²) >= 11 is 0. The Bertz CT molecular complexity index is 945. The van der Waals surface area contributed by atoms with Gasteiger partial charge in [0.05, 0.1) is 17.6 Å². The third kappa shape index (κ3) is 7.22. The molecule has 178 valence electrons. The first kappa shape index (κ1) is 26.2. The van der Waals surface area contributed by atoms with Crippen molar-refractivity contribution in [3.63, 3.8) is 0 Å². The van der Waals surface area contributed by atoms with Gasteiger partial charge in [-0.1, -0.05) is 62.7 Å². The number of carbonyl (C=O) groups is 2. The molecule has 0 fully saturated rings. The average molecular weight is 456 g/mol. The molecule has 33 heavy (non-hydrogen) atoms. The monoisotopic (exact) mass is 455 g/mol. The number of hydrogen-bond acceptors (Lipinski definition) is 6. The number of aliphatic hydroxyl groups is 1. The lowest BCUT2D eigenvalue weighted by molar-refractivity contribution is -0.384. The third-order valence-corrected chi connectivity index (χ3v) is 6.09. The van der Waals surface area contributed by atoms with E-state index in [2.05, 4.69) is 0 Å². The van der Waals surface area contributed by atoms with Gasteiger partial charge in [0, 0.05) is 24.5 Å². The fraction of sp³-hybridized carbons (Fsp3) is 0.462. The SMILES string of the molecule is CCC[C@@](O)(CCc1ccccc1)CC(=O)[C@H](C(=O)OC)[C@@H](CC)c1cccc([N+](=O)[O-])c1. The number of nitrogens with zero attached hydrogens (tertiary/aromatic N) is 1. The van der Waals surface area contributed by atoms with Crippen molar-refractivity contribution >= 4 is 17.4 Å². The maximum absolute atomic E-state index is 13.4. The molecule has 0 saturated carbocycles. The molecule has 2 aromatic rings. The minimum absolute atomic E-state index is 0.104. The van der Waals surface area contributed by atoms with E-state index in [1.807, 2.05) is 44.2 Å². The predicted molar refractivity (Wildman–Crippen MR) is 126 cm³/mol. The Kier molecular flexibility index (Phi) is 9.73. The number of rotatable bonds is 13. The summed E-state index contributed by atoms with van der Waals surface area (Å²) in [6.07, 6.45) is 2.33. The van der Waals surface area contributed by atoms with Crippen molar-refractivity contribution in [1.82, 2.24) is 0 Å².